The Kier molecular flexibility index (Phi) is 6.48. The van der Waals surface area contributed by atoms with Crippen molar-refractivity contribution in [3.63, 3.8) is 0 Å². The normalized spacial score (nSPS) is 11.1. The molecule has 2 aromatic rings. The van der Waals surface area contributed by atoms with Crippen LogP contribution >= 0.6 is 11.8 Å². The number of aryl methyl sites for hydroxylation is 1. The molecule has 0 heterocycles. The number of rotatable bonds is 4. The first-order chi connectivity index (χ1) is 12.2. The van der Waals surface area contributed by atoms with Crippen molar-refractivity contribution in [1.29, 1.82) is 0 Å². The summed E-state index contributed by atoms with van der Waals surface area (Å²) in [6.07, 6.45) is 0. The highest BCUT2D eigenvalue weighted by Gasteiger charge is 2.16. The van der Waals surface area contributed by atoms with E-state index in [1.54, 1.807) is 31.2 Å². The predicted octanol–water partition coefficient (Wildman–Crippen LogP) is 5.79. The summed E-state index contributed by atoms with van der Waals surface area (Å²) in [7, 11) is 0. The van der Waals surface area contributed by atoms with Crippen molar-refractivity contribution in [2.75, 3.05) is 11.9 Å². The number of hydrogen-bond donors (Lipinski definition) is 1. The van der Waals surface area contributed by atoms with Crippen LogP contribution in [0.5, 0.6) is 0 Å². The lowest BCUT2D eigenvalue weighted by molar-refractivity contribution is 0.0526. The van der Waals surface area contributed by atoms with Gasteiger partial charge in [-0.1, -0.05) is 32.9 Å². The SMILES string of the molecule is CCOC(=O)c1ccc(NC(=O)Sc2ccc(C(C)(C)C)cc2C)cc1. The van der Waals surface area contributed by atoms with E-state index in [1.807, 2.05) is 13.0 Å². The molecule has 0 saturated carbocycles. The Morgan fingerprint density at radius 1 is 1.08 bits per heavy atom. The molecule has 0 aromatic heterocycles. The van der Waals surface area contributed by atoms with E-state index in [9.17, 15) is 9.59 Å². The summed E-state index contributed by atoms with van der Waals surface area (Å²) in [6, 6.07) is 12.9. The van der Waals surface area contributed by atoms with E-state index in [0.29, 0.717) is 17.9 Å². The van der Waals surface area contributed by atoms with Crippen molar-refractivity contribution in [1.82, 2.24) is 0 Å². The Labute approximate surface area is 159 Å². The van der Waals surface area contributed by atoms with Gasteiger partial charge in [0.2, 0.25) is 0 Å². The van der Waals surface area contributed by atoms with Crippen LogP contribution in [0.15, 0.2) is 47.4 Å². The molecule has 26 heavy (non-hydrogen) atoms. The molecule has 0 aliphatic rings. The zero-order chi connectivity index (χ0) is 19.3. The number of carbonyl (C=O) groups is 2. The number of carbonyl (C=O) groups excluding carboxylic acids is 2. The highest BCUT2D eigenvalue weighted by molar-refractivity contribution is 8.14. The maximum atomic E-state index is 12.3. The zero-order valence-electron chi connectivity index (χ0n) is 15.9. The molecule has 1 amide bonds. The molecule has 0 fully saturated rings. The van der Waals surface area contributed by atoms with Gasteiger partial charge < -0.3 is 10.1 Å². The number of anilines is 1. The van der Waals surface area contributed by atoms with Gasteiger partial charge in [-0.3, -0.25) is 4.79 Å². The Bertz CT molecular complexity index is 792. The summed E-state index contributed by atoms with van der Waals surface area (Å²) in [5.74, 6) is -0.366. The number of benzene rings is 2. The van der Waals surface area contributed by atoms with Gasteiger partial charge in [-0.25, -0.2) is 4.79 Å². The molecule has 0 saturated heterocycles. The Hall–Kier alpha value is -2.27. The quantitative estimate of drug-likeness (QED) is 0.545. The lowest BCUT2D eigenvalue weighted by Gasteiger charge is -2.20. The average molecular weight is 372 g/mol. The molecule has 0 bridgehead atoms. The monoisotopic (exact) mass is 371 g/mol. The minimum absolute atomic E-state index is 0.0802. The molecule has 0 unspecified atom stereocenters. The number of hydrogen-bond acceptors (Lipinski definition) is 4. The number of thioether (sulfide) groups is 1. The van der Waals surface area contributed by atoms with Gasteiger partial charge in [0.15, 0.2) is 0 Å². The summed E-state index contributed by atoms with van der Waals surface area (Å²) < 4.78 is 4.94. The second kappa shape index (κ2) is 8.41. The van der Waals surface area contributed by atoms with Crippen LogP contribution in [0.2, 0.25) is 0 Å². The van der Waals surface area contributed by atoms with Gasteiger partial charge in [-0.15, -0.1) is 0 Å². The molecule has 1 N–H and O–H groups in total. The van der Waals surface area contributed by atoms with Crippen LogP contribution in [0.25, 0.3) is 0 Å². The summed E-state index contributed by atoms with van der Waals surface area (Å²) in [5, 5.41) is 2.67. The lowest BCUT2D eigenvalue weighted by Crippen LogP contribution is -2.11. The van der Waals surface area contributed by atoms with Crippen molar-refractivity contribution in [2.24, 2.45) is 0 Å². The van der Waals surface area contributed by atoms with Crippen LogP contribution in [0.1, 0.15) is 49.2 Å². The van der Waals surface area contributed by atoms with Crippen LogP contribution in [0.4, 0.5) is 10.5 Å². The van der Waals surface area contributed by atoms with Crippen LogP contribution < -0.4 is 5.32 Å². The largest absolute Gasteiger partial charge is 0.462 e. The second-order valence-electron chi connectivity index (χ2n) is 7.04. The number of esters is 1. The van der Waals surface area contributed by atoms with Gasteiger partial charge in [-0.05, 0) is 72.5 Å². The standard InChI is InChI=1S/C21H25NO3S/c1-6-25-19(23)15-7-10-17(11-8-15)22-20(24)26-18-12-9-16(13-14(18)2)21(3,4)5/h7-13H,6H2,1-5H3,(H,22,24). The Morgan fingerprint density at radius 3 is 2.27 bits per heavy atom. The molecule has 2 aromatic carbocycles. The summed E-state index contributed by atoms with van der Waals surface area (Å²) >= 11 is 1.16. The molecule has 2 rings (SSSR count). The van der Waals surface area contributed by atoms with Gasteiger partial charge >= 0.3 is 5.97 Å². The molecule has 0 aliphatic heterocycles. The summed E-state index contributed by atoms with van der Waals surface area (Å²) in [4.78, 5) is 24.9. The molecule has 138 valence electrons. The fourth-order valence-corrected chi connectivity index (χ4v) is 3.10. The van der Waals surface area contributed by atoms with E-state index in [2.05, 4.69) is 38.2 Å². The van der Waals surface area contributed by atoms with E-state index >= 15 is 0 Å². The first-order valence-corrected chi connectivity index (χ1v) is 9.39. The minimum atomic E-state index is -0.366. The topological polar surface area (TPSA) is 55.4 Å². The van der Waals surface area contributed by atoms with Crippen molar-refractivity contribution in [3.05, 3.63) is 59.2 Å². The third-order valence-corrected chi connectivity index (χ3v) is 4.85. The third kappa shape index (κ3) is 5.36. The van der Waals surface area contributed by atoms with Crippen LogP contribution in [0.3, 0.4) is 0 Å². The van der Waals surface area contributed by atoms with E-state index in [1.165, 1.54) is 5.56 Å². The smallest absolute Gasteiger partial charge is 0.338 e. The number of ether oxygens (including phenoxy) is 1. The van der Waals surface area contributed by atoms with E-state index in [4.69, 9.17) is 4.74 Å². The van der Waals surface area contributed by atoms with Gasteiger partial charge in [0, 0.05) is 10.6 Å². The van der Waals surface area contributed by atoms with Crippen LogP contribution in [-0.2, 0) is 10.2 Å². The molecule has 0 aliphatic carbocycles. The molecule has 4 nitrogen and oxygen atoms in total. The van der Waals surface area contributed by atoms with Gasteiger partial charge in [0.1, 0.15) is 0 Å². The maximum absolute atomic E-state index is 12.3. The number of amides is 1. The van der Waals surface area contributed by atoms with Crippen molar-refractivity contribution >= 4 is 28.7 Å². The first-order valence-electron chi connectivity index (χ1n) is 8.58. The maximum Gasteiger partial charge on any atom is 0.338 e. The summed E-state index contributed by atoms with van der Waals surface area (Å²) in [5.41, 5.74) is 3.51. The van der Waals surface area contributed by atoms with E-state index in [-0.39, 0.29) is 16.6 Å². The fraction of sp³-hybridized carbons (Fsp3) is 0.333. The summed E-state index contributed by atoms with van der Waals surface area (Å²) in [6.45, 7) is 10.6. The van der Waals surface area contributed by atoms with Crippen molar-refractivity contribution in [2.45, 2.75) is 44.9 Å². The highest BCUT2D eigenvalue weighted by Crippen LogP contribution is 2.30. The molecule has 0 spiro atoms. The molecule has 0 atom stereocenters. The fourth-order valence-electron chi connectivity index (χ4n) is 2.38. The molecular weight excluding hydrogens is 346 g/mol. The Balaban J connectivity index is 2.01. The molecule has 0 radical (unpaired) electrons. The van der Waals surface area contributed by atoms with Gasteiger partial charge in [0.05, 0.1) is 12.2 Å². The van der Waals surface area contributed by atoms with Crippen LogP contribution in [0, 0.1) is 6.92 Å². The predicted molar refractivity (Wildman–Crippen MR) is 107 cm³/mol. The van der Waals surface area contributed by atoms with E-state index < -0.39 is 0 Å². The average Bonchev–Trinajstić information content (AvgIpc) is 2.56. The highest BCUT2D eigenvalue weighted by atomic mass is 32.2. The second-order valence-corrected chi connectivity index (χ2v) is 8.06. The molecular formula is C21H25NO3S. The van der Waals surface area contributed by atoms with Gasteiger partial charge in [0.25, 0.3) is 5.24 Å². The third-order valence-electron chi connectivity index (χ3n) is 3.89. The first kappa shape index (κ1) is 20.0. The lowest BCUT2D eigenvalue weighted by atomic mass is 9.86. The zero-order valence-corrected chi connectivity index (χ0v) is 16.7. The minimum Gasteiger partial charge on any atom is -0.462 e. The van der Waals surface area contributed by atoms with Gasteiger partial charge in [-0.2, -0.15) is 0 Å². The van der Waals surface area contributed by atoms with Crippen LogP contribution in [-0.4, -0.2) is 17.8 Å². The number of nitrogens with one attached hydrogen (secondary N) is 1. The Morgan fingerprint density at radius 2 is 1.73 bits per heavy atom. The van der Waals surface area contributed by atoms with Crippen molar-refractivity contribution < 1.29 is 14.3 Å². The van der Waals surface area contributed by atoms with E-state index in [0.717, 1.165) is 22.2 Å². The molecule has 5 heteroatoms. The van der Waals surface area contributed by atoms with Crippen molar-refractivity contribution in [3.8, 4) is 0 Å².